The van der Waals surface area contributed by atoms with E-state index in [0.29, 0.717) is 0 Å². The van der Waals surface area contributed by atoms with Crippen LogP contribution in [0.25, 0.3) is 5.32 Å². The van der Waals surface area contributed by atoms with Crippen LogP contribution in [0.5, 0.6) is 0 Å². The zero-order valence-corrected chi connectivity index (χ0v) is 12.3. The predicted octanol–water partition coefficient (Wildman–Crippen LogP) is 3.73. The maximum atomic E-state index is 12.5. The Kier molecular flexibility index (Phi) is 7.87. The molecule has 1 fully saturated rings. The van der Waals surface area contributed by atoms with E-state index >= 15 is 0 Å². The zero-order valence-electron chi connectivity index (χ0n) is 12.3. The summed E-state index contributed by atoms with van der Waals surface area (Å²) in [5, 5.41) is 3.85. The van der Waals surface area contributed by atoms with Crippen LogP contribution in [-0.4, -0.2) is 38.4 Å². The van der Waals surface area contributed by atoms with Crippen LogP contribution in [0.4, 0.5) is 17.6 Å². The molecule has 0 unspecified atom stereocenters. The molecule has 0 atom stereocenters. The van der Waals surface area contributed by atoms with Gasteiger partial charge in [0.15, 0.2) is 0 Å². The van der Waals surface area contributed by atoms with Crippen molar-refractivity contribution in [3.05, 3.63) is 17.5 Å². The smallest absolute Gasteiger partial charge is 0.371 e. The van der Waals surface area contributed by atoms with Crippen LogP contribution in [0.3, 0.4) is 0 Å². The van der Waals surface area contributed by atoms with Crippen LogP contribution in [-0.2, 0) is 14.3 Å². The largest absolute Gasteiger partial charge is 0.665 e. The lowest BCUT2D eigenvalue weighted by Gasteiger charge is -2.42. The minimum absolute atomic E-state index is 0.0726. The fourth-order valence-electron chi connectivity index (χ4n) is 1.41. The number of alkyl halides is 4. The normalized spacial score (nSPS) is 19.0. The van der Waals surface area contributed by atoms with Crippen molar-refractivity contribution >= 4 is 5.97 Å². The Labute approximate surface area is 121 Å². The lowest BCUT2D eigenvalue weighted by molar-refractivity contribution is -0.518. The van der Waals surface area contributed by atoms with Gasteiger partial charge in [0.1, 0.15) is 5.92 Å². The molecule has 1 aliphatic rings. The molecular weight excluding hydrogens is 294 g/mol. The molecule has 0 radical (unpaired) electrons. The number of hydrogen-bond acceptors (Lipinski definition) is 3. The highest BCUT2D eigenvalue weighted by Crippen LogP contribution is 2.53. The van der Waals surface area contributed by atoms with Gasteiger partial charge >= 0.3 is 18.2 Å². The third kappa shape index (κ3) is 6.43. The quantitative estimate of drug-likeness (QED) is 0.426. The van der Waals surface area contributed by atoms with E-state index < -0.39 is 37.1 Å². The molecule has 0 aliphatic carbocycles. The molecule has 124 valence electrons. The molecule has 1 heterocycles. The molecule has 0 spiro atoms. The summed E-state index contributed by atoms with van der Waals surface area (Å²) in [4.78, 5) is 10.8. The fraction of sp³-hybridized carbons (Fsp3) is 0.769. The molecule has 1 saturated heterocycles. The second-order valence-electron chi connectivity index (χ2n) is 4.52. The molecule has 0 N–H and O–H groups in total. The molecule has 0 saturated carbocycles. The summed E-state index contributed by atoms with van der Waals surface area (Å²) >= 11 is 0. The molecule has 0 aromatic rings. The average Bonchev–Trinajstić information content (AvgIpc) is 2.34. The van der Waals surface area contributed by atoms with Crippen LogP contribution in [0.1, 0.15) is 26.7 Å². The van der Waals surface area contributed by atoms with E-state index in [1.807, 2.05) is 7.05 Å². The van der Waals surface area contributed by atoms with Gasteiger partial charge in [-0.25, -0.2) is 4.79 Å². The summed E-state index contributed by atoms with van der Waals surface area (Å²) in [7, 11) is 1.84. The van der Waals surface area contributed by atoms with E-state index in [4.69, 9.17) is 0 Å². The highest BCUT2D eigenvalue weighted by atomic mass is 19.3. The maximum absolute atomic E-state index is 12.5. The standard InChI is InChI=1S/C9H10F4O3.C4H10N/c1-5(2)7(14)15-4-3-6-8(10,11)16-9(6,12)13;1-3-4-5-2/h6H,1,3-4H2,2H3;3-4H2,1-2H3/q;-1. The first-order valence-electron chi connectivity index (χ1n) is 6.42. The van der Waals surface area contributed by atoms with Crippen LogP contribution >= 0.6 is 0 Å². The van der Waals surface area contributed by atoms with Gasteiger partial charge in [-0.2, -0.15) is 24.6 Å². The highest BCUT2D eigenvalue weighted by Gasteiger charge is 2.70. The zero-order chi connectivity index (χ0) is 16.7. The van der Waals surface area contributed by atoms with Crippen molar-refractivity contribution < 1.29 is 31.8 Å². The van der Waals surface area contributed by atoms with Crippen molar-refractivity contribution in [2.75, 3.05) is 20.2 Å². The Morgan fingerprint density at radius 1 is 1.33 bits per heavy atom. The van der Waals surface area contributed by atoms with Gasteiger partial charge in [0.25, 0.3) is 0 Å². The molecule has 0 aromatic carbocycles. The van der Waals surface area contributed by atoms with Crippen LogP contribution < -0.4 is 0 Å². The number of esters is 1. The van der Waals surface area contributed by atoms with Gasteiger partial charge in [-0.3, -0.25) is 4.74 Å². The number of hydrogen-bond donors (Lipinski definition) is 0. The second-order valence-corrected chi connectivity index (χ2v) is 4.52. The highest BCUT2D eigenvalue weighted by molar-refractivity contribution is 5.86. The van der Waals surface area contributed by atoms with Crippen molar-refractivity contribution in [1.29, 1.82) is 0 Å². The molecule has 8 heteroatoms. The number of rotatable bonds is 6. The molecular formula is C13H20F4NO3-. The fourth-order valence-corrected chi connectivity index (χ4v) is 1.41. The first kappa shape index (κ1) is 19.9. The van der Waals surface area contributed by atoms with Crippen molar-refractivity contribution in [3.63, 3.8) is 0 Å². The Hall–Kier alpha value is -1.15. The Bertz CT molecular complexity index is 345. The first-order valence-corrected chi connectivity index (χ1v) is 6.42. The third-order valence-electron chi connectivity index (χ3n) is 2.52. The van der Waals surface area contributed by atoms with E-state index in [1.165, 1.54) is 13.3 Å². The molecule has 1 rings (SSSR count). The number of carbonyl (C=O) groups is 1. The number of carbonyl (C=O) groups excluding carboxylic acids is 1. The van der Waals surface area contributed by atoms with Gasteiger partial charge in [-0.05, 0) is 6.92 Å². The van der Waals surface area contributed by atoms with Gasteiger partial charge in [0.2, 0.25) is 0 Å². The van der Waals surface area contributed by atoms with Crippen LogP contribution in [0.15, 0.2) is 12.2 Å². The van der Waals surface area contributed by atoms with Gasteiger partial charge in [-0.15, -0.1) is 6.54 Å². The van der Waals surface area contributed by atoms with Crippen molar-refractivity contribution in [1.82, 2.24) is 0 Å². The third-order valence-corrected chi connectivity index (χ3v) is 2.52. The van der Waals surface area contributed by atoms with E-state index in [0.717, 1.165) is 6.54 Å². The van der Waals surface area contributed by atoms with Crippen LogP contribution in [0.2, 0.25) is 0 Å². The van der Waals surface area contributed by atoms with E-state index in [2.05, 4.69) is 28.3 Å². The lowest BCUT2D eigenvalue weighted by Crippen LogP contribution is -2.59. The minimum atomic E-state index is -3.86. The van der Waals surface area contributed by atoms with E-state index in [1.54, 1.807) is 0 Å². The van der Waals surface area contributed by atoms with Gasteiger partial charge in [0, 0.05) is 12.0 Å². The topological polar surface area (TPSA) is 49.6 Å². The Morgan fingerprint density at radius 3 is 2.14 bits per heavy atom. The number of halogens is 4. The monoisotopic (exact) mass is 314 g/mol. The van der Waals surface area contributed by atoms with Crippen molar-refractivity contribution in [3.8, 4) is 0 Å². The summed E-state index contributed by atoms with van der Waals surface area (Å²) in [5.41, 5.74) is 0.0726. The Morgan fingerprint density at radius 2 is 1.86 bits per heavy atom. The average molecular weight is 314 g/mol. The molecule has 1 aliphatic heterocycles. The van der Waals surface area contributed by atoms with Gasteiger partial charge in [-0.1, -0.05) is 19.9 Å². The summed E-state index contributed by atoms with van der Waals surface area (Å²) in [6.07, 6.45) is -7.21. The van der Waals surface area contributed by atoms with Crippen molar-refractivity contribution in [2.45, 2.75) is 38.9 Å². The van der Waals surface area contributed by atoms with E-state index in [-0.39, 0.29) is 5.57 Å². The molecule has 0 aromatic heterocycles. The predicted molar refractivity (Wildman–Crippen MR) is 69.3 cm³/mol. The maximum Gasteiger partial charge on any atom is 0.371 e. The van der Waals surface area contributed by atoms with Gasteiger partial charge < -0.3 is 10.1 Å². The molecule has 21 heavy (non-hydrogen) atoms. The number of ether oxygens (including phenoxy) is 2. The Balaban J connectivity index is 0.000000690. The second kappa shape index (κ2) is 8.33. The summed E-state index contributed by atoms with van der Waals surface area (Å²) in [6, 6.07) is 0. The van der Waals surface area contributed by atoms with E-state index in [9.17, 15) is 22.4 Å². The first-order chi connectivity index (χ1) is 9.58. The van der Waals surface area contributed by atoms with Gasteiger partial charge in [0.05, 0.1) is 6.61 Å². The van der Waals surface area contributed by atoms with Crippen LogP contribution in [0, 0.1) is 5.92 Å². The summed E-state index contributed by atoms with van der Waals surface area (Å²) < 4.78 is 57.6. The molecule has 0 amide bonds. The SMILES string of the molecule is C=C(C)C(=O)OCCC1C(F)(F)OC1(F)F.CCC[N-]C. The minimum Gasteiger partial charge on any atom is -0.665 e. The number of nitrogens with zero attached hydrogens (tertiary/aromatic N) is 1. The lowest BCUT2D eigenvalue weighted by atomic mass is 9.98. The summed E-state index contributed by atoms with van der Waals surface area (Å²) in [6.45, 7) is 7.22. The molecule has 4 nitrogen and oxygen atoms in total. The molecule has 0 bridgehead atoms. The summed E-state index contributed by atoms with van der Waals surface area (Å²) in [5.74, 6) is -3.05. The van der Waals surface area contributed by atoms with Crippen molar-refractivity contribution in [2.24, 2.45) is 5.92 Å².